The van der Waals surface area contributed by atoms with Crippen LogP contribution in [0.2, 0.25) is 0 Å². The van der Waals surface area contributed by atoms with Gasteiger partial charge < -0.3 is 9.47 Å². The number of ether oxygens (including phenoxy) is 2. The van der Waals surface area contributed by atoms with Crippen molar-refractivity contribution in [2.45, 2.75) is 71.1 Å². The Kier molecular flexibility index (Phi) is 4.13. The minimum absolute atomic E-state index is 0.580. The van der Waals surface area contributed by atoms with Crippen molar-refractivity contribution in [3.63, 3.8) is 0 Å². The van der Waals surface area contributed by atoms with Crippen molar-refractivity contribution in [3.8, 4) is 0 Å². The molecule has 1 saturated heterocycles. The molecule has 0 aliphatic carbocycles. The number of amides is 1. The van der Waals surface area contributed by atoms with Gasteiger partial charge in [0.2, 0.25) is 0 Å². The van der Waals surface area contributed by atoms with Crippen molar-refractivity contribution in [2.75, 3.05) is 6.54 Å². The van der Waals surface area contributed by atoms with Gasteiger partial charge in [-0.2, -0.15) is 0 Å². The quantitative estimate of drug-likeness (QED) is 0.699. The predicted octanol–water partition coefficient (Wildman–Crippen LogP) is 2.97. The van der Waals surface area contributed by atoms with Crippen LogP contribution in [0.3, 0.4) is 0 Å². The van der Waals surface area contributed by atoms with E-state index in [0.717, 1.165) is 0 Å². The van der Waals surface area contributed by atoms with Crippen LogP contribution < -0.4 is 0 Å². The summed E-state index contributed by atoms with van der Waals surface area (Å²) in [5.74, 6) is -4.53. The van der Waals surface area contributed by atoms with Gasteiger partial charge in [-0.15, -0.1) is 0 Å². The third kappa shape index (κ3) is 5.47. The SMILES string of the molecule is [2H]C1[C@@H](C(=O)OC(C)(C)C)N(C(=O)OC(C)(C)C)CC1(F)F. The average molecular weight is 308 g/mol. The standard InChI is InChI=1S/C14H23F2NO4/c1-12(2,3)20-10(18)9-7-14(15,16)8-17(9)11(19)21-13(4,5)6/h9H,7-8H2,1-6H3/t9-/m0/s1/i7D/t7?,9-. The fourth-order valence-corrected chi connectivity index (χ4v) is 1.76. The van der Waals surface area contributed by atoms with E-state index in [0.29, 0.717) is 4.90 Å². The van der Waals surface area contributed by atoms with E-state index in [1.54, 1.807) is 41.5 Å². The number of carbonyl (C=O) groups excluding carboxylic acids is 2. The summed E-state index contributed by atoms with van der Waals surface area (Å²) in [5.41, 5.74) is -1.81. The number of likely N-dealkylation sites (tertiary alicyclic amines) is 1. The molecular formula is C14H23F2NO4. The lowest BCUT2D eigenvalue weighted by molar-refractivity contribution is -0.160. The van der Waals surface area contributed by atoms with Gasteiger partial charge >= 0.3 is 12.1 Å². The number of rotatable bonds is 1. The summed E-state index contributed by atoms with van der Waals surface area (Å²) < 4.78 is 45.2. The molecule has 0 aromatic rings. The van der Waals surface area contributed by atoms with E-state index in [9.17, 15) is 18.4 Å². The van der Waals surface area contributed by atoms with Crippen LogP contribution in [0.1, 0.15) is 49.3 Å². The fourth-order valence-electron chi connectivity index (χ4n) is 1.76. The van der Waals surface area contributed by atoms with Crippen molar-refractivity contribution in [3.05, 3.63) is 0 Å². The molecule has 1 heterocycles. The van der Waals surface area contributed by atoms with Gasteiger partial charge in [0, 0.05) is 7.77 Å². The minimum Gasteiger partial charge on any atom is -0.458 e. The van der Waals surface area contributed by atoms with Gasteiger partial charge in [-0.3, -0.25) is 4.90 Å². The van der Waals surface area contributed by atoms with Gasteiger partial charge in [-0.1, -0.05) is 0 Å². The van der Waals surface area contributed by atoms with Crippen LogP contribution in [0.15, 0.2) is 0 Å². The number of hydrogen-bond acceptors (Lipinski definition) is 4. The molecule has 0 saturated carbocycles. The lowest BCUT2D eigenvalue weighted by Crippen LogP contribution is -2.45. The van der Waals surface area contributed by atoms with E-state index in [-0.39, 0.29) is 0 Å². The minimum atomic E-state index is -3.50. The van der Waals surface area contributed by atoms with Gasteiger partial charge in [0.05, 0.1) is 6.54 Å². The zero-order valence-electron chi connectivity index (χ0n) is 14.2. The molecule has 7 heteroatoms. The molecule has 0 bridgehead atoms. The Hall–Kier alpha value is -1.40. The van der Waals surface area contributed by atoms with Crippen molar-refractivity contribution in [2.24, 2.45) is 0 Å². The van der Waals surface area contributed by atoms with Crippen molar-refractivity contribution < 1.29 is 29.2 Å². The first-order valence-electron chi connectivity index (χ1n) is 7.24. The Bertz CT molecular complexity index is 457. The number of carbonyl (C=O) groups is 2. The van der Waals surface area contributed by atoms with Gasteiger partial charge in [0.1, 0.15) is 17.2 Å². The number of alkyl halides is 2. The average Bonchev–Trinajstić information content (AvgIpc) is 2.45. The van der Waals surface area contributed by atoms with E-state index < -0.39 is 48.2 Å². The van der Waals surface area contributed by atoms with Gasteiger partial charge in [0.15, 0.2) is 0 Å². The van der Waals surface area contributed by atoms with Crippen molar-refractivity contribution in [1.29, 1.82) is 0 Å². The van der Waals surface area contributed by atoms with Crippen molar-refractivity contribution in [1.82, 2.24) is 4.90 Å². The molecule has 1 rings (SSSR count). The fraction of sp³-hybridized carbons (Fsp3) is 0.857. The highest BCUT2D eigenvalue weighted by atomic mass is 19.3. The number of halogens is 2. The van der Waals surface area contributed by atoms with Crippen LogP contribution in [0, 0.1) is 0 Å². The van der Waals surface area contributed by atoms with Crippen LogP contribution in [-0.2, 0) is 14.3 Å². The Balaban J connectivity index is 3.03. The lowest BCUT2D eigenvalue weighted by atomic mass is 10.1. The highest BCUT2D eigenvalue weighted by Crippen LogP contribution is 2.34. The Morgan fingerprint density at radius 3 is 2.05 bits per heavy atom. The zero-order chi connectivity index (χ0) is 17.5. The normalized spacial score (nSPS) is 26.3. The Labute approximate surface area is 125 Å². The Morgan fingerprint density at radius 1 is 1.14 bits per heavy atom. The second kappa shape index (κ2) is 5.42. The maximum Gasteiger partial charge on any atom is 0.411 e. The van der Waals surface area contributed by atoms with E-state index in [1.807, 2.05) is 0 Å². The molecular weight excluding hydrogens is 284 g/mol. The molecule has 1 aliphatic rings. The van der Waals surface area contributed by atoms with Gasteiger partial charge in [-0.25, -0.2) is 18.4 Å². The second-order valence-corrected chi connectivity index (χ2v) is 7.01. The molecule has 1 aliphatic heterocycles. The first kappa shape index (κ1) is 16.0. The number of nitrogens with zero attached hydrogens (tertiary/aromatic N) is 1. The Morgan fingerprint density at radius 2 is 1.62 bits per heavy atom. The van der Waals surface area contributed by atoms with Crippen molar-refractivity contribution >= 4 is 12.1 Å². The summed E-state index contributed by atoms with van der Waals surface area (Å²) in [6, 6.07) is -1.69. The van der Waals surface area contributed by atoms with Gasteiger partial charge in [-0.05, 0) is 41.5 Å². The third-order valence-corrected chi connectivity index (χ3v) is 2.39. The molecule has 1 unspecified atom stereocenters. The van der Waals surface area contributed by atoms with Crippen LogP contribution in [0.5, 0.6) is 0 Å². The maximum atomic E-state index is 13.8. The summed E-state index contributed by atoms with van der Waals surface area (Å²) in [6.45, 7) is 8.44. The summed E-state index contributed by atoms with van der Waals surface area (Å²) in [6.07, 6.45) is -3.15. The molecule has 0 spiro atoms. The molecule has 21 heavy (non-hydrogen) atoms. The van der Waals surface area contributed by atoms with E-state index >= 15 is 0 Å². The second-order valence-electron chi connectivity index (χ2n) is 7.01. The van der Waals surface area contributed by atoms with Gasteiger partial charge in [0.25, 0.3) is 5.92 Å². The maximum absolute atomic E-state index is 13.8. The summed E-state index contributed by atoms with van der Waals surface area (Å²) >= 11 is 0. The van der Waals surface area contributed by atoms with E-state index in [1.165, 1.54) is 0 Å². The van der Waals surface area contributed by atoms with E-state index in [2.05, 4.69) is 0 Å². The number of hydrogen-bond donors (Lipinski definition) is 0. The third-order valence-electron chi connectivity index (χ3n) is 2.39. The van der Waals surface area contributed by atoms with Crippen LogP contribution in [0.4, 0.5) is 13.6 Å². The molecule has 0 aromatic carbocycles. The summed E-state index contributed by atoms with van der Waals surface area (Å²) in [7, 11) is 0. The van der Waals surface area contributed by atoms with Crippen LogP contribution in [-0.4, -0.2) is 46.7 Å². The molecule has 1 amide bonds. The topological polar surface area (TPSA) is 55.8 Å². The summed E-state index contributed by atoms with van der Waals surface area (Å²) in [4.78, 5) is 24.7. The summed E-state index contributed by atoms with van der Waals surface area (Å²) in [5, 5.41) is 0. The zero-order valence-corrected chi connectivity index (χ0v) is 13.2. The molecule has 0 N–H and O–H groups in total. The lowest BCUT2D eigenvalue weighted by Gasteiger charge is -2.29. The molecule has 0 radical (unpaired) electrons. The molecule has 122 valence electrons. The first-order valence-corrected chi connectivity index (χ1v) is 6.66. The first-order chi connectivity index (χ1) is 9.64. The van der Waals surface area contributed by atoms with Crippen LogP contribution in [0.25, 0.3) is 0 Å². The van der Waals surface area contributed by atoms with E-state index in [4.69, 9.17) is 10.8 Å². The molecule has 2 atom stereocenters. The predicted molar refractivity (Wildman–Crippen MR) is 72.1 cm³/mol. The highest BCUT2D eigenvalue weighted by Gasteiger charge is 2.52. The largest absolute Gasteiger partial charge is 0.458 e. The molecule has 5 nitrogen and oxygen atoms in total. The smallest absolute Gasteiger partial charge is 0.411 e. The number of esters is 1. The molecule has 1 fully saturated rings. The molecule has 0 aromatic heterocycles. The van der Waals surface area contributed by atoms with Crippen LogP contribution >= 0.6 is 0 Å². The monoisotopic (exact) mass is 308 g/mol. The highest BCUT2D eigenvalue weighted by molar-refractivity contribution is 5.82.